The van der Waals surface area contributed by atoms with Gasteiger partial charge >= 0.3 is 6.03 Å². The molecule has 0 atom stereocenters. The minimum absolute atomic E-state index is 0.0409. The lowest BCUT2D eigenvalue weighted by Gasteiger charge is -2.28. The fourth-order valence-electron chi connectivity index (χ4n) is 3.26. The largest absolute Gasteiger partial charge is 0.379 e. The molecule has 1 fully saturated rings. The van der Waals surface area contributed by atoms with Crippen LogP contribution in [0.25, 0.3) is 0 Å². The van der Waals surface area contributed by atoms with Gasteiger partial charge in [0.25, 0.3) is 0 Å². The monoisotopic (exact) mass is 401 g/mol. The number of carbonyl (C=O) groups excluding carboxylic acids is 1. The summed E-state index contributed by atoms with van der Waals surface area (Å²) in [5, 5.41) is 3.75. The van der Waals surface area contributed by atoms with Gasteiger partial charge in [0, 0.05) is 44.3 Å². The minimum Gasteiger partial charge on any atom is -0.379 e. The molecular weight excluding hydrogens is 374 g/mol. The van der Waals surface area contributed by atoms with Crippen molar-refractivity contribution >= 4 is 17.6 Å². The normalized spacial score (nSPS) is 14.6. The number of halogens is 1. The zero-order valence-corrected chi connectivity index (χ0v) is 16.9. The standard InChI is InChI=1S/C22H28ClN3O2/c23-21-9-7-20(8-10-21)18-26(12-4-11-25-13-15-28-16-14-25)22(27)24-17-19-5-2-1-3-6-19/h1-3,5-10H,4,11-18H2,(H,24,27). The quantitative estimate of drug-likeness (QED) is 0.732. The molecule has 2 aromatic carbocycles. The highest BCUT2D eigenvalue weighted by atomic mass is 35.5. The van der Waals surface area contributed by atoms with Gasteiger partial charge < -0.3 is 15.0 Å². The molecule has 2 aromatic rings. The van der Waals surface area contributed by atoms with Gasteiger partial charge in [-0.1, -0.05) is 54.1 Å². The van der Waals surface area contributed by atoms with Gasteiger partial charge in [0.2, 0.25) is 0 Å². The Morgan fingerprint density at radius 1 is 1.04 bits per heavy atom. The van der Waals surface area contributed by atoms with E-state index in [0.29, 0.717) is 24.7 Å². The second-order valence-electron chi connectivity index (χ2n) is 7.00. The summed E-state index contributed by atoms with van der Waals surface area (Å²) in [6, 6.07) is 17.6. The van der Waals surface area contributed by atoms with Gasteiger partial charge in [0.1, 0.15) is 0 Å². The highest BCUT2D eigenvalue weighted by Gasteiger charge is 2.15. The van der Waals surface area contributed by atoms with Gasteiger partial charge in [-0.25, -0.2) is 4.79 Å². The van der Waals surface area contributed by atoms with E-state index in [-0.39, 0.29) is 6.03 Å². The smallest absolute Gasteiger partial charge is 0.317 e. The summed E-state index contributed by atoms with van der Waals surface area (Å²) >= 11 is 5.99. The van der Waals surface area contributed by atoms with Crippen molar-refractivity contribution in [1.29, 1.82) is 0 Å². The number of morpholine rings is 1. The lowest BCUT2D eigenvalue weighted by molar-refractivity contribution is 0.0364. The number of benzene rings is 2. The molecule has 28 heavy (non-hydrogen) atoms. The van der Waals surface area contributed by atoms with E-state index in [1.807, 2.05) is 59.5 Å². The average Bonchev–Trinajstić information content (AvgIpc) is 2.74. The summed E-state index contributed by atoms with van der Waals surface area (Å²) in [5.74, 6) is 0. The van der Waals surface area contributed by atoms with Crippen LogP contribution < -0.4 is 5.32 Å². The first-order valence-corrected chi connectivity index (χ1v) is 10.2. The zero-order chi connectivity index (χ0) is 19.6. The van der Waals surface area contributed by atoms with E-state index in [0.717, 1.165) is 50.4 Å². The van der Waals surface area contributed by atoms with Crippen molar-refractivity contribution < 1.29 is 9.53 Å². The molecule has 1 saturated heterocycles. The van der Waals surface area contributed by atoms with E-state index < -0.39 is 0 Å². The zero-order valence-electron chi connectivity index (χ0n) is 16.1. The Kier molecular flexibility index (Phi) is 8.15. The van der Waals surface area contributed by atoms with Crippen LogP contribution in [0.2, 0.25) is 5.02 Å². The molecule has 0 aliphatic carbocycles. The molecule has 5 nitrogen and oxygen atoms in total. The molecule has 0 aromatic heterocycles. The summed E-state index contributed by atoms with van der Waals surface area (Å²) in [7, 11) is 0. The number of rotatable bonds is 8. The molecule has 0 unspecified atom stereocenters. The van der Waals surface area contributed by atoms with Crippen molar-refractivity contribution in [3.8, 4) is 0 Å². The van der Waals surface area contributed by atoms with E-state index in [4.69, 9.17) is 16.3 Å². The van der Waals surface area contributed by atoms with Crippen LogP contribution in [0.4, 0.5) is 4.79 Å². The van der Waals surface area contributed by atoms with Gasteiger partial charge in [-0.05, 0) is 29.7 Å². The van der Waals surface area contributed by atoms with E-state index in [2.05, 4.69) is 10.2 Å². The van der Waals surface area contributed by atoms with Crippen molar-refractivity contribution in [3.63, 3.8) is 0 Å². The number of nitrogens with zero attached hydrogens (tertiary/aromatic N) is 2. The number of nitrogens with one attached hydrogen (secondary N) is 1. The van der Waals surface area contributed by atoms with Crippen LogP contribution >= 0.6 is 11.6 Å². The van der Waals surface area contributed by atoms with Crippen LogP contribution in [-0.2, 0) is 17.8 Å². The number of ether oxygens (including phenoxy) is 1. The molecular formula is C22H28ClN3O2. The van der Waals surface area contributed by atoms with Crippen LogP contribution in [0.1, 0.15) is 17.5 Å². The fraction of sp³-hybridized carbons (Fsp3) is 0.409. The molecule has 2 amide bonds. The summed E-state index contributed by atoms with van der Waals surface area (Å²) in [6.07, 6.45) is 0.937. The third-order valence-electron chi connectivity index (χ3n) is 4.87. The van der Waals surface area contributed by atoms with Gasteiger partial charge in [-0.2, -0.15) is 0 Å². The van der Waals surface area contributed by atoms with Crippen molar-refractivity contribution in [1.82, 2.24) is 15.1 Å². The Hall–Kier alpha value is -2.08. The predicted molar refractivity (Wildman–Crippen MR) is 112 cm³/mol. The van der Waals surface area contributed by atoms with E-state index in [9.17, 15) is 4.79 Å². The predicted octanol–water partition coefficient (Wildman–Crippen LogP) is 3.77. The molecule has 0 bridgehead atoms. The Bertz CT molecular complexity index is 718. The van der Waals surface area contributed by atoms with Crippen LogP contribution in [0.15, 0.2) is 54.6 Å². The number of amides is 2. The Morgan fingerprint density at radius 2 is 1.75 bits per heavy atom. The molecule has 0 radical (unpaired) electrons. The maximum absolute atomic E-state index is 12.8. The number of hydrogen-bond acceptors (Lipinski definition) is 3. The lowest BCUT2D eigenvalue weighted by atomic mass is 10.2. The maximum atomic E-state index is 12.8. The van der Waals surface area contributed by atoms with Crippen LogP contribution in [0.3, 0.4) is 0 Å². The molecule has 0 saturated carbocycles. The van der Waals surface area contributed by atoms with Crippen molar-refractivity contribution in [2.24, 2.45) is 0 Å². The minimum atomic E-state index is -0.0409. The van der Waals surface area contributed by atoms with E-state index in [1.165, 1.54) is 0 Å². The summed E-state index contributed by atoms with van der Waals surface area (Å²) in [6.45, 7) is 6.32. The topological polar surface area (TPSA) is 44.8 Å². The average molecular weight is 402 g/mol. The van der Waals surface area contributed by atoms with Gasteiger partial charge in [0.15, 0.2) is 0 Å². The van der Waals surface area contributed by atoms with Gasteiger partial charge in [-0.15, -0.1) is 0 Å². The highest BCUT2D eigenvalue weighted by molar-refractivity contribution is 6.30. The third-order valence-corrected chi connectivity index (χ3v) is 5.12. The molecule has 1 aliphatic heterocycles. The molecule has 1 heterocycles. The molecule has 0 spiro atoms. The SMILES string of the molecule is O=C(NCc1ccccc1)N(CCCN1CCOCC1)Cc1ccc(Cl)cc1. The van der Waals surface area contributed by atoms with E-state index in [1.54, 1.807) is 0 Å². The van der Waals surface area contributed by atoms with Gasteiger partial charge in [-0.3, -0.25) is 4.90 Å². The molecule has 1 N–H and O–H groups in total. The van der Waals surface area contributed by atoms with Crippen LogP contribution in [0, 0.1) is 0 Å². The molecule has 1 aliphatic rings. The van der Waals surface area contributed by atoms with Crippen LogP contribution in [-0.4, -0.2) is 55.2 Å². The number of carbonyl (C=O) groups is 1. The second-order valence-corrected chi connectivity index (χ2v) is 7.44. The first kappa shape index (κ1) is 20.6. The summed E-state index contributed by atoms with van der Waals surface area (Å²) in [4.78, 5) is 17.1. The van der Waals surface area contributed by atoms with Crippen molar-refractivity contribution in [2.45, 2.75) is 19.5 Å². The summed E-state index contributed by atoms with van der Waals surface area (Å²) in [5.41, 5.74) is 2.17. The summed E-state index contributed by atoms with van der Waals surface area (Å²) < 4.78 is 5.40. The lowest BCUT2D eigenvalue weighted by Crippen LogP contribution is -2.42. The molecule has 3 rings (SSSR count). The first-order valence-electron chi connectivity index (χ1n) is 9.82. The Morgan fingerprint density at radius 3 is 2.46 bits per heavy atom. The van der Waals surface area contributed by atoms with Crippen LogP contribution in [0.5, 0.6) is 0 Å². The van der Waals surface area contributed by atoms with Crippen molar-refractivity contribution in [2.75, 3.05) is 39.4 Å². The maximum Gasteiger partial charge on any atom is 0.317 e. The number of urea groups is 1. The second kappa shape index (κ2) is 11.1. The number of hydrogen-bond donors (Lipinski definition) is 1. The van der Waals surface area contributed by atoms with E-state index >= 15 is 0 Å². The highest BCUT2D eigenvalue weighted by Crippen LogP contribution is 2.12. The Labute approximate surface area is 172 Å². The Balaban J connectivity index is 1.55. The van der Waals surface area contributed by atoms with Crippen molar-refractivity contribution in [3.05, 3.63) is 70.7 Å². The molecule has 6 heteroatoms. The third kappa shape index (κ3) is 6.82. The van der Waals surface area contributed by atoms with Gasteiger partial charge in [0.05, 0.1) is 13.2 Å². The first-order chi connectivity index (χ1) is 13.7. The fourth-order valence-corrected chi connectivity index (χ4v) is 3.38. The molecule has 150 valence electrons.